The van der Waals surface area contributed by atoms with Crippen molar-refractivity contribution in [1.29, 1.82) is 0 Å². The van der Waals surface area contributed by atoms with E-state index in [9.17, 15) is 22.8 Å². The molecule has 144 valence electrons. The third kappa shape index (κ3) is 5.32. The quantitative estimate of drug-likeness (QED) is 0.756. The van der Waals surface area contributed by atoms with Crippen molar-refractivity contribution in [2.75, 3.05) is 19.7 Å². The second-order valence-electron chi connectivity index (χ2n) is 6.05. The van der Waals surface area contributed by atoms with Gasteiger partial charge in [-0.3, -0.25) is 4.79 Å². The number of hydrogen-bond donors (Lipinski definition) is 2. The molecule has 0 bridgehead atoms. The molecule has 1 saturated heterocycles. The smallest absolute Gasteiger partial charge is 0.416 e. The van der Waals surface area contributed by atoms with Crippen molar-refractivity contribution in [2.45, 2.75) is 31.0 Å². The van der Waals surface area contributed by atoms with Gasteiger partial charge in [0.1, 0.15) is 6.04 Å². The van der Waals surface area contributed by atoms with Crippen LogP contribution in [0.3, 0.4) is 0 Å². The Hall–Kier alpha value is -1.86. The maximum atomic E-state index is 12.6. The van der Waals surface area contributed by atoms with E-state index < -0.39 is 23.9 Å². The molecule has 2 atom stereocenters. The van der Waals surface area contributed by atoms with Gasteiger partial charge in [0.25, 0.3) is 0 Å². The van der Waals surface area contributed by atoms with E-state index in [-0.39, 0.29) is 18.4 Å². The van der Waals surface area contributed by atoms with Gasteiger partial charge in [-0.1, -0.05) is 12.1 Å². The van der Waals surface area contributed by atoms with Gasteiger partial charge in [-0.05, 0) is 36.5 Å². The largest absolute Gasteiger partial charge is 0.465 e. The predicted octanol–water partition coefficient (Wildman–Crippen LogP) is 2.85. The molecule has 0 spiro atoms. The van der Waals surface area contributed by atoms with E-state index in [4.69, 9.17) is 9.63 Å². The molecule has 0 saturated carbocycles. The van der Waals surface area contributed by atoms with Crippen LogP contribution in [-0.2, 0) is 15.5 Å². The Morgan fingerprint density at radius 2 is 1.85 bits per heavy atom. The van der Waals surface area contributed by atoms with Crippen molar-refractivity contribution in [3.05, 3.63) is 35.4 Å². The second kappa shape index (κ2) is 8.68. The average molecular weight is 392 g/mol. The molecule has 0 radical (unpaired) electrons. The van der Waals surface area contributed by atoms with E-state index in [1.54, 1.807) is 4.90 Å². The highest BCUT2D eigenvalue weighted by Gasteiger charge is 2.32. The molecule has 1 heterocycles. The summed E-state index contributed by atoms with van der Waals surface area (Å²) in [6, 6.07) is 4.09. The first-order valence-corrected chi connectivity index (χ1v) is 8.46. The Balaban J connectivity index is 1.95. The van der Waals surface area contributed by atoms with Crippen LogP contribution in [0.25, 0.3) is 0 Å². The number of hydrogen-bond acceptors (Lipinski definition) is 3. The highest BCUT2D eigenvalue weighted by molar-refractivity contribution is 7.09. The van der Waals surface area contributed by atoms with Gasteiger partial charge in [-0.25, -0.2) is 4.79 Å². The van der Waals surface area contributed by atoms with Gasteiger partial charge in [0.2, 0.25) is 5.91 Å². The lowest BCUT2D eigenvalue weighted by Gasteiger charge is -2.34. The third-order valence-corrected chi connectivity index (χ3v) is 4.57. The summed E-state index contributed by atoms with van der Waals surface area (Å²) in [6.45, 7) is 0.701. The minimum Gasteiger partial charge on any atom is -0.465 e. The van der Waals surface area contributed by atoms with Gasteiger partial charge in [-0.15, -0.1) is 0 Å². The first kappa shape index (κ1) is 20.5. The Kier molecular flexibility index (Phi) is 6.83. The monoisotopic (exact) mass is 392 g/mol. The second-order valence-corrected chi connectivity index (χ2v) is 6.39. The number of halogens is 3. The van der Waals surface area contributed by atoms with Gasteiger partial charge in [-0.2, -0.15) is 13.2 Å². The van der Waals surface area contributed by atoms with Crippen LogP contribution in [0, 0.1) is 0 Å². The first-order chi connectivity index (χ1) is 12.2. The number of nitrogens with one attached hydrogen (secondary N) is 1. The standard InChI is InChI=1S/C16H20F3N2O4P/c17-16(18,19)12-3-1-10(2-4-12)11-5-7-21(8-6-11)14(22)13(9-25-26)20-15(23)24/h1-4,11,13,20H,5-9,26H2,(H,23,24)/t13-/m0/s1. The third-order valence-electron chi connectivity index (χ3n) is 4.37. The van der Waals surface area contributed by atoms with Crippen molar-refractivity contribution in [1.82, 2.24) is 10.2 Å². The van der Waals surface area contributed by atoms with E-state index in [0.29, 0.717) is 25.9 Å². The van der Waals surface area contributed by atoms with E-state index >= 15 is 0 Å². The summed E-state index contributed by atoms with van der Waals surface area (Å²) < 4.78 is 42.7. The maximum absolute atomic E-state index is 12.6. The number of carbonyl (C=O) groups excluding carboxylic acids is 1. The number of alkyl halides is 3. The summed E-state index contributed by atoms with van der Waals surface area (Å²) in [5.41, 5.74) is 0.118. The zero-order chi connectivity index (χ0) is 19.3. The number of carboxylic acid groups (broad SMARTS) is 1. The molecule has 1 aromatic rings. The number of nitrogens with zero attached hydrogens (tertiary/aromatic N) is 1. The summed E-state index contributed by atoms with van der Waals surface area (Å²) in [4.78, 5) is 24.7. The van der Waals surface area contributed by atoms with Crippen molar-refractivity contribution < 1.29 is 32.4 Å². The normalized spacial score (nSPS) is 17.0. The number of piperidine rings is 1. The van der Waals surface area contributed by atoms with Crippen LogP contribution in [0.1, 0.15) is 29.9 Å². The Labute approximate surface area is 151 Å². The minimum atomic E-state index is -4.36. The van der Waals surface area contributed by atoms with Crippen LogP contribution in [0.15, 0.2) is 24.3 Å². The van der Waals surface area contributed by atoms with Crippen LogP contribution in [0.5, 0.6) is 0 Å². The molecule has 1 aliphatic heterocycles. The molecule has 1 unspecified atom stereocenters. The van der Waals surface area contributed by atoms with Crippen molar-refractivity contribution >= 4 is 21.5 Å². The van der Waals surface area contributed by atoms with Crippen molar-refractivity contribution in [2.24, 2.45) is 0 Å². The Morgan fingerprint density at radius 1 is 1.27 bits per heavy atom. The Bertz CT molecular complexity index is 631. The number of rotatable bonds is 5. The molecule has 2 N–H and O–H groups in total. The lowest BCUT2D eigenvalue weighted by molar-refractivity contribution is -0.137. The lowest BCUT2D eigenvalue weighted by Crippen LogP contribution is -2.52. The molecule has 1 aliphatic rings. The molecule has 0 aliphatic carbocycles. The fraction of sp³-hybridized carbons (Fsp3) is 0.500. The summed E-state index contributed by atoms with van der Waals surface area (Å²) >= 11 is 0. The van der Waals surface area contributed by atoms with Crippen molar-refractivity contribution in [3.63, 3.8) is 0 Å². The van der Waals surface area contributed by atoms with Crippen LogP contribution < -0.4 is 5.32 Å². The summed E-state index contributed by atoms with van der Waals surface area (Å²) in [5.74, 6) is -0.314. The number of likely N-dealkylation sites (tertiary alicyclic amines) is 1. The van der Waals surface area contributed by atoms with Crippen LogP contribution in [-0.4, -0.2) is 47.7 Å². The van der Waals surface area contributed by atoms with Gasteiger partial charge in [0.15, 0.2) is 0 Å². The highest BCUT2D eigenvalue weighted by Crippen LogP contribution is 2.33. The van der Waals surface area contributed by atoms with Gasteiger partial charge in [0, 0.05) is 22.6 Å². The van der Waals surface area contributed by atoms with Crippen molar-refractivity contribution in [3.8, 4) is 0 Å². The molecule has 1 aromatic carbocycles. The maximum Gasteiger partial charge on any atom is 0.416 e. The lowest BCUT2D eigenvalue weighted by atomic mass is 9.88. The van der Waals surface area contributed by atoms with Gasteiger partial charge in [0.05, 0.1) is 12.2 Å². The first-order valence-electron chi connectivity index (χ1n) is 7.99. The van der Waals surface area contributed by atoms with Crippen LogP contribution in [0.2, 0.25) is 0 Å². The van der Waals surface area contributed by atoms with E-state index in [2.05, 4.69) is 5.32 Å². The van der Waals surface area contributed by atoms with Crippen LogP contribution in [0.4, 0.5) is 18.0 Å². The molecule has 26 heavy (non-hydrogen) atoms. The van der Waals surface area contributed by atoms with Gasteiger partial charge >= 0.3 is 12.3 Å². The molecule has 10 heteroatoms. The summed E-state index contributed by atoms with van der Waals surface area (Å²) in [5, 5.41) is 10.9. The zero-order valence-corrected chi connectivity index (χ0v) is 15.0. The van der Waals surface area contributed by atoms with E-state index in [1.807, 2.05) is 9.47 Å². The molecule has 6 nitrogen and oxygen atoms in total. The molecule has 1 fully saturated rings. The molecular weight excluding hydrogens is 372 g/mol. The molecular formula is C16H20F3N2O4P. The molecule has 0 aromatic heterocycles. The van der Waals surface area contributed by atoms with Gasteiger partial charge < -0.3 is 19.8 Å². The molecule has 2 rings (SSSR count). The van der Waals surface area contributed by atoms with E-state index in [0.717, 1.165) is 17.7 Å². The SMILES string of the molecule is O=C(O)N[C@@H](COP)C(=O)N1CCC(c2ccc(C(F)(F)F)cc2)CC1. The Morgan fingerprint density at radius 3 is 2.31 bits per heavy atom. The zero-order valence-electron chi connectivity index (χ0n) is 13.8. The highest BCUT2D eigenvalue weighted by atomic mass is 31.0. The fourth-order valence-electron chi connectivity index (χ4n) is 3.02. The summed E-state index contributed by atoms with van der Waals surface area (Å²) in [6.07, 6.45) is -4.48. The molecule has 2 amide bonds. The number of carbonyl (C=O) groups is 2. The minimum absolute atomic E-state index is 0.0604. The average Bonchev–Trinajstić information content (AvgIpc) is 2.60. The van der Waals surface area contributed by atoms with E-state index in [1.165, 1.54) is 12.1 Å². The number of benzene rings is 1. The summed E-state index contributed by atoms with van der Waals surface area (Å²) in [7, 11) is 1.97. The number of amides is 2. The fourth-order valence-corrected chi connectivity index (χ4v) is 3.21. The predicted molar refractivity (Wildman–Crippen MR) is 90.6 cm³/mol. The topological polar surface area (TPSA) is 78.9 Å². The van der Waals surface area contributed by atoms with Crippen LogP contribution >= 0.6 is 9.47 Å².